The molecule has 0 bridgehead atoms. The fraction of sp³-hybridized carbons (Fsp3) is 0.200. The largest absolute Gasteiger partial charge is 0.493 e. The summed E-state index contributed by atoms with van der Waals surface area (Å²) in [4.78, 5) is 8.12. The van der Waals surface area contributed by atoms with Gasteiger partial charge in [0.2, 0.25) is 16.0 Å². The highest BCUT2D eigenvalue weighted by Crippen LogP contribution is 2.29. The smallest absolute Gasteiger partial charge is 0.240 e. The first-order valence-electron chi connectivity index (χ1n) is 9.10. The van der Waals surface area contributed by atoms with Crippen LogP contribution in [0, 0.1) is 0 Å². The average Bonchev–Trinajstić information content (AvgIpc) is 2.74. The zero-order chi connectivity index (χ0) is 21.6. The van der Waals surface area contributed by atoms with E-state index in [1.807, 2.05) is 12.1 Å². The van der Waals surface area contributed by atoms with Crippen molar-refractivity contribution in [2.24, 2.45) is 0 Å². The molecule has 0 aliphatic rings. The van der Waals surface area contributed by atoms with Crippen molar-refractivity contribution in [1.82, 2.24) is 14.7 Å². The number of nitrogens with zero attached hydrogens (tertiary/aromatic N) is 2. The number of anilines is 2. The molecule has 10 heteroatoms. The molecular formula is C20H23N5O4S. The van der Waals surface area contributed by atoms with Crippen molar-refractivity contribution in [2.45, 2.75) is 11.3 Å². The summed E-state index contributed by atoms with van der Waals surface area (Å²) in [6, 6.07) is 13.6. The predicted molar refractivity (Wildman–Crippen MR) is 114 cm³/mol. The summed E-state index contributed by atoms with van der Waals surface area (Å²) in [6.07, 6.45) is 2.09. The number of nitrogens with two attached hydrogens (primary N) is 2. The Kier molecular flexibility index (Phi) is 6.70. The van der Waals surface area contributed by atoms with E-state index < -0.39 is 10.0 Å². The first-order valence-corrected chi connectivity index (χ1v) is 10.6. The van der Waals surface area contributed by atoms with Gasteiger partial charge < -0.3 is 20.9 Å². The Morgan fingerprint density at radius 1 is 1.07 bits per heavy atom. The third-order valence-corrected chi connectivity index (χ3v) is 5.72. The molecule has 5 N–H and O–H groups in total. The lowest BCUT2D eigenvalue weighted by molar-refractivity contribution is 0.298. The van der Waals surface area contributed by atoms with Gasteiger partial charge in [-0.1, -0.05) is 24.3 Å². The second-order valence-electron chi connectivity index (χ2n) is 6.36. The number of hydrogen-bond acceptors (Lipinski definition) is 8. The molecule has 0 unspecified atom stereocenters. The van der Waals surface area contributed by atoms with Crippen molar-refractivity contribution in [3.8, 4) is 11.5 Å². The molecule has 9 nitrogen and oxygen atoms in total. The lowest BCUT2D eigenvalue weighted by Crippen LogP contribution is -2.28. The molecule has 0 aliphatic heterocycles. The number of benzene rings is 2. The Hall–Kier alpha value is -3.37. The number of aromatic nitrogens is 2. The first-order chi connectivity index (χ1) is 14.4. The second kappa shape index (κ2) is 9.42. The van der Waals surface area contributed by atoms with E-state index in [0.29, 0.717) is 23.7 Å². The monoisotopic (exact) mass is 429 g/mol. The van der Waals surface area contributed by atoms with Crippen molar-refractivity contribution in [2.75, 3.05) is 31.7 Å². The number of sulfonamides is 1. The maximum atomic E-state index is 12.2. The van der Waals surface area contributed by atoms with Crippen LogP contribution in [0.3, 0.4) is 0 Å². The molecule has 1 heterocycles. The molecule has 1 aromatic heterocycles. The molecule has 0 saturated carbocycles. The SMILES string of the molecule is COc1cc(Cc2cnc(N)nc2N)ccc1OCCNS(=O)(=O)c1ccccc1. The van der Waals surface area contributed by atoms with Gasteiger partial charge in [0, 0.05) is 24.7 Å². The summed E-state index contributed by atoms with van der Waals surface area (Å²) in [6.45, 7) is 0.252. The molecule has 0 atom stereocenters. The van der Waals surface area contributed by atoms with Gasteiger partial charge in [0.15, 0.2) is 11.5 Å². The van der Waals surface area contributed by atoms with Crippen LogP contribution in [0.25, 0.3) is 0 Å². The van der Waals surface area contributed by atoms with Crippen LogP contribution in [0.1, 0.15) is 11.1 Å². The summed E-state index contributed by atoms with van der Waals surface area (Å²) in [5.74, 6) is 1.47. The number of nitrogen functional groups attached to an aromatic ring is 2. The molecule has 0 aliphatic carbocycles. The van der Waals surface area contributed by atoms with Crippen molar-refractivity contribution >= 4 is 21.8 Å². The van der Waals surface area contributed by atoms with E-state index in [-0.39, 0.29) is 24.0 Å². The van der Waals surface area contributed by atoms with E-state index in [9.17, 15) is 8.42 Å². The van der Waals surface area contributed by atoms with Crippen molar-refractivity contribution in [3.63, 3.8) is 0 Å². The highest BCUT2D eigenvalue weighted by Gasteiger charge is 2.13. The molecular weight excluding hydrogens is 406 g/mol. The molecule has 30 heavy (non-hydrogen) atoms. The lowest BCUT2D eigenvalue weighted by Gasteiger charge is -2.13. The summed E-state index contributed by atoms with van der Waals surface area (Å²) in [5, 5.41) is 0. The topological polar surface area (TPSA) is 142 Å². The minimum atomic E-state index is -3.57. The minimum absolute atomic E-state index is 0.113. The fourth-order valence-electron chi connectivity index (χ4n) is 2.75. The average molecular weight is 430 g/mol. The summed E-state index contributed by atoms with van der Waals surface area (Å²) in [5.41, 5.74) is 13.1. The van der Waals surface area contributed by atoms with Crippen LogP contribution in [-0.4, -0.2) is 38.6 Å². The maximum absolute atomic E-state index is 12.2. The van der Waals surface area contributed by atoms with Crippen LogP contribution >= 0.6 is 0 Å². The van der Waals surface area contributed by atoms with Crippen molar-refractivity contribution in [3.05, 3.63) is 65.9 Å². The molecule has 0 amide bonds. The fourth-order valence-corrected chi connectivity index (χ4v) is 3.79. The number of nitrogens with one attached hydrogen (secondary N) is 1. The van der Waals surface area contributed by atoms with E-state index >= 15 is 0 Å². The Bertz CT molecular complexity index is 1110. The van der Waals surface area contributed by atoms with Crippen molar-refractivity contribution in [1.29, 1.82) is 0 Å². The highest BCUT2D eigenvalue weighted by molar-refractivity contribution is 7.89. The quantitative estimate of drug-likeness (QED) is 0.435. The van der Waals surface area contributed by atoms with E-state index in [1.165, 1.54) is 19.2 Å². The summed E-state index contributed by atoms with van der Waals surface area (Å²) in [7, 11) is -2.04. The van der Waals surface area contributed by atoms with Gasteiger partial charge in [0.05, 0.1) is 12.0 Å². The maximum Gasteiger partial charge on any atom is 0.240 e. The van der Waals surface area contributed by atoms with Gasteiger partial charge in [-0.05, 0) is 29.8 Å². The molecule has 3 rings (SSSR count). The number of ether oxygens (including phenoxy) is 2. The van der Waals surface area contributed by atoms with E-state index in [0.717, 1.165) is 11.1 Å². The van der Waals surface area contributed by atoms with Crippen LogP contribution in [0.4, 0.5) is 11.8 Å². The predicted octanol–water partition coefficient (Wildman–Crippen LogP) is 1.60. The Morgan fingerprint density at radius 2 is 1.83 bits per heavy atom. The zero-order valence-corrected chi connectivity index (χ0v) is 17.2. The number of hydrogen-bond donors (Lipinski definition) is 3. The number of rotatable bonds is 9. The molecule has 0 fully saturated rings. The zero-order valence-electron chi connectivity index (χ0n) is 16.4. The minimum Gasteiger partial charge on any atom is -0.493 e. The van der Waals surface area contributed by atoms with Gasteiger partial charge in [0.1, 0.15) is 12.4 Å². The standard InChI is InChI=1S/C20H23N5O4S/c1-28-18-12-14(11-15-13-23-20(22)25-19(15)21)7-8-17(18)29-10-9-24-30(26,27)16-5-3-2-4-6-16/h2-8,12-13,24H,9-11H2,1H3,(H4,21,22,23,25). The van der Waals surface area contributed by atoms with Gasteiger partial charge in [-0.2, -0.15) is 4.98 Å². The normalized spacial score (nSPS) is 11.2. The Morgan fingerprint density at radius 3 is 2.53 bits per heavy atom. The second-order valence-corrected chi connectivity index (χ2v) is 8.13. The summed E-state index contributed by atoms with van der Waals surface area (Å²) < 4.78 is 38.0. The van der Waals surface area contributed by atoms with Crippen molar-refractivity contribution < 1.29 is 17.9 Å². The molecule has 2 aromatic carbocycles. The van der Waals surface area contributed by atoms with Crippen LogP contribution in [0.15, 0.2) is 59.6 Å². The molecule has 0 spiro atoms. The van der Waals surface area contributed by atoms with Gasteiger partial charge in [0.25, 0.3) is 0 Å². The Balaban J connectivity index is 1.60. The van der Waals surface area contributed by atoms with Crippen LogP contribution < -0.4 is 25.7 Å². The molecule has 0 saturated heterocycles. The van der Waals surface area contributed by atoms with Crippen LogP contribution in [-0.2, 0) is 16.4 Å². The molecule has 3 aromatic rings. The number of methoxy groups -OCH3 is 1. The van der Waals surface area contributed by atoms with Gasteiger partial charge in [-0.15, -0.1) is 0 Å². The Labute approximate surface area is 175 Å². The van der Waals surface area contributed by atoms with Crippen LogP contribution in [0.2, 0.25) is 0 Å². The van der Waals surface area contributed by atoms with Crippen LogP contribution in [0.5, 0.6) is 11.5 Å². The van der Waals surface area contributed by atoms with E-state index in [1.54, 1.807) is 30.5 Å². The highest BCUT2D eigenvalue weighted by atomic mass is 32.2. The third kappa shape index (κ3) is 5.37. The first kappa shape index (κ1) is 21.3. The molecule has 0 radical (unpaired) electrons. The lowest BCUT2D eigenvalue weighted by atomic mass is 10.1. The molecule has 158 valence electrons. The van der Waals surface area contributed by atoms with E-state index in [4.69, 9.17) is 20.9 Å². The van der Waals surface area contributed by atoms with Gasteiger partial charge >= 0.3 is 0 Å². The van der Waals surface area contributed by atoms with E-state index in [2.05, 4.69) is 14.7 Å². The van der Waals surface area contributed by atoms with Gasteiger partial charge in [-0.3, -0.25) is 0 Å². The van der Waals surface area contributed by atoms with Gasteiger partial charge in [-0.25, -0.2) is 18.1 Å². The summed E-state index contributed by atoms with van der Waals surface area (Å²) >= 11 is 0. The third-order valence-electron chi connectivity index (χ3n) is 4.24.